The fraction of sp³-hybridized carbons (Fsp3) is 0.214. The fourth-order valence-electron chi connectivity index (χ4n) is 3.92. The molecule has 4 rings (SSSR count). The molecule has 0 aliphatic rings. The lowest BCUT2D eigenvalue weighted by atomic mass is 10.2. The van der Waals surface area contributed by atoms with Crippen molar-refractivity contribution >= 4 is 52.7 Å². The molecular weight excluding hydrogens is 539 g/mol. The summed E-state index contributed by atoms with van der Waals surface area (Å²) in [5.74, 6) is 0.0832. The number of aromatic amines is 1. The van der Waals surface area contributed by atoms with Crippen molar-refractivity contribution in [3.05, 3.63) is 83.4 Å². The number of anilines is 2. The molecule has 0 saturated heterocycles. The number of nitrogen functional groups attached to an aromatic ring is 1. The van der Waals surface area contributed by atoms with Gasteiger partial charge in [0.15, 0.2) is 0 Å². The molecule has 12 heteroatoms. The lowest BCUT2D eigenvalue weighted by Crippen LogP contribution is -2.35. The van der Waals surface area contributed by atoms with E-state index in [1.54, 1.807) is 38.1 Å². The first-order valence-corrected chi connectivity index (χ1v) is 12.3. The van der Waals surface area contributed by atoms with E-state index in [0.29, 0.717) is 40.4 Å². The number of H-pyrrole nitrogens is 1. The van der Waals surface area contributed by atoms with Crippen molar-refractivity contribution in [2.45, 2.75) is 26.8 Å². The molecule has 0 aliphatic carbocycles. The van der Waals surface area contributed by atoms with Crippen LogP contribution in [0.3, 0.4) is 0 Å². The standard InChI is InChI=1S/C28H29FN6O4.ClH/c1-3-38-25(36)14-15-35(21-10-6-19(29)7-11-21)28(37)39-23-13-12-22-26(17(23)2)34-24(33-22)16-32-20-8-4-18(5-9-20)27(30)31;/h4-13,32H,3,14-16H2,1-2H3,(H3,30,31)(H,33,34);1H. The van der Waals surface area contributed by atoms with Crippen molar-refractivity contribution in [2.24, 2.45) is 5.73 Å². The van der Waals surface area contributed by atoms with Gasteiger partial charge in [0.25, 0.3) is 0 Å². The van der Waals surface area contributed by atoms with Crippen molar-refractivity contribution in [3.63, 3.8) is 0 Å². The van der Waals surface area contributed by atoms with Gasteiger partial charge in [-0.2, -0.15) is 0 Å². The van der Waals surface area contributed by atoms with E-state index < -0.39 is 17.9 Å². The molecular formula is C28H30ClFN6O4. The number of fused-ring (bicyclic) bond motifs is 1. The number of rotatable bonds is 10. The zero-order valence-corrected chi connectivity index (χ0v) is 22.8. The number of carbonyl (C=O) groups is 2. The first kappa shape index (κ1) is 29.9. The molecule has 4 aromatic rings. The number of aromatic nitrogens is 2. The molecule has 0 bridgehead atoms. The Kier molecular flexibility index (Phi) is 10.0. The molecule has 1 aromatic heterocycles. The number of halogens is 2. The van der Waals surface area contributed by atoms with Crippen molar-refractivity contribution in [3.8, 4) is 5.75 Å². The average Bonchev–Trinajstić information content (AvgIpc) is 3.34. The normalized spacial score (nSPS) is 10.5. The fourth-order valence-corrected chi connectivity index (χ4v) is 3.92. The van der Waals surface area contributed by atoms with Gasteiger partial charge in [0.1, 0.15) is 23.2 Å². The predicted molar refractivity (Wildman–Crippen MR) is 154 cm³/mol. The van der Waals surface area contributed by atoms with E-state index in [2.05, 4.69) is 15.3 Å². The summed E-state index contributed by atoms with van der Waals surface area (Å²) in [6.07, 6.45) is -0.772. The van der Waals surface area contributed by atoms with Gasteiger partial charge in [0, 0.05) is 29.0 Å². The molecule has 5 N–H and O–H groups in total. The molecule has 0 spiro atoms. The number of hydrogen-bond donors (Lipinski definition) is 4. The number of nitrogens with zero attached hydrogens (tertiary/aromatic N) is 2. The minimum Gasteiger partial charge on any atom is -0.466 e. The van der Waals surface area contributed by atoms with E-state index >= 15 is 0 Å². The Bertz CT molecular complexity index is 1490. The predicted octanol–water partition coefficient (Wildman–Crippen LogP) is 5.29. The molecule has 1 heterocycles. The van der Waals surface area contributed by atoms with Crippen LogP contribution in [0.25, 0.3) is 11.0 Å². The van der Waals surface area contributed by atoms with Crippen LogP contribution < -0.4 is 20.7 Å². The molecule has 0 aliphatic heterocycles. The van der Waals surface area contributed by atoms with Crippen molar-refractivity contribution in [1.82, 2.24) is 9.97 Å². The van der Waals surface area contributed by atoms with Crippen LogP contribution in [0.1, 0.15) is 30.3 Å². The number of amidine groups is 1. The molecule has 1 amide bonds. The van der Waals surface area contributed by atoms with Crippen LogP contribution in [0, 0.1) is 18.2 Å². The summed E-state index contributed by atoms with van der Waals surface area (Å²) in [7, 11) is 0. The zero-order valence-electron chi connectivity index (χ0n) is 22.0. The van der Waals surface area contributed by atoms with Gasteiger partial charge in [-0.3, -0.25) is 15.1 Å². The van der Waals surface area contributed by atoms with Crippen LogP contribution in [0.15, 0.2) is 60.7 Å². The number of hydrogen-bond acceptors (Lipinski definition) is 7. The summed E-state index contributed by atoms with van der Waals surface area (Å²) < 4.78 is 24.2. The zero-order chi connectivity index (χ0) is 27.9. The second-order valence-corrected chi connectivity index (χ2v) is 8.66. The largest absolute Gasteiger partial charge is 0.466 e. The van der Waals surface area contributed by atoms with Crippen LogP contribution >= 0.6 is 12.4 Å². The van der Waals surface area contributed by atoms with E-state index in [-0.39, 0.29) is 37.8 Å². The minimum atomic E-state index is -0.722. The highest BCUT2D eigenvalue weighted by atomic mass is 35.5. The van der Waals surface area contributed by atoms with E-state index in [1.807, 2.05) is 12.1 Å². The Labute approximate surface area is 236 Å². The Hall–Kier alpha value is -4.64. The number of benzene rings is 3. The number of amides is 1. The van der Waals surface area contributed by atoms with Crippen LogP contribution in [0.4, 0.5) is 20.6 Å². The Morgan fingerprint density at radius 1 is 1.10 bits per heavy atom. The third-order valence-corrected chi connectivity index (χ3v) is 5.96. The highest BCUT2D eigenvalue weighted by Crippen LogP contribution is 2.27. The van der Waals surface area contributed by atoms with E-state index in [4.69, 9.17) is 20.6 Å². The van der Waals surface area contributed by atoms with Gasteiger partial charge in [0.05, 0.1) is 30.6 Å². The molecule has 0 unspecified atom stereocenters. The number of ether oxygens (including phenoxy) is 2. The lowest BCUT2D eigenvalue weighted by Gasteiger charge is -2.22. The topological polar surface area (TPSA) is 146 Å². The number of imidazole rings is 1. The van der Waals surface area contributed by atoms with Gasteiger partial charge >= 0.3 is 12.1 Å². The second-order valence-electron chi connectivity index (χ2n) is 8.66. The Morgan fingerprint density at radius 2 is 1.80 bits per heavy atom. The monoisotopic (exact) mass is 568 g/mol. The molecule has 0 fully saturated rings. The summed E-state index contributed by atoms with van der Waals surface area (Å²) in [6, 6.07) is 16.0. The quantitative estimate of drug-likeness (QED) is 0.115. The Morgan fingerprint density at radius 3 is 2.45 bits per heavy atom. The second kappa shape index (κ2) is 13.4. The lowest BCUT2D eigenvalue weighted by molar-refractivity contribution is -0.142. The van der Waals surface area contributed by atoms with E-state index in [0.717, 1.165) is 11.2 Å². The summed E-state index contributed by atoms with van der Waals surface area (Å²) in [5, 5.41) is 10.8. The first-order valence-electron chi connectivity index (χ1n) is 12.3. The molecule has 3 aromatic carbocycles. The first-order chi connectivity index (χ1) is 18.7. The third-order valence-electron chi connectivity index (χ3n) is 5.96. The molecule has 10 nitrogen and oxygen atoms in total. The van der Waals surface area contributed by atoms with Gasteiger partial charge in [0.2, 0.25) is 0 Å². The molecule has 0 radical (unpaired) electrons. The summed E-state index contributed by atoms with van der Waals surface area (Å²) >= 11 is 0. The van der Waals surface area contributed by atoms with Crippen LogP contribution in [-0.4, -0.2) is 41.0 Å². The summed E-state index contributed by atoms with van der Waals surface area (Å²) in [4.78, 5) is 34.3. The maximum Gasteiger partial charge on any atom is 0.419 e. The summed E-state index contributed by atoms with van der Waals surface area (Å²) in [6.45, 7) is 4.13. The van der Waals surface area contributed by atoms with Gasteiger partial charge in [-0.25, -0.2) is 14.2 Å². The van der Waals surface area contributed by atoms with Gasteiger partial charge in [-0.15, -0.1) is 12.4 Å². The van der Waals surface area contributed by atoms with Crippen molar-refractivity contribution < 1.29 is 23.5 Å². The minimum absolute atomic E-state index is 0. The number of nitrogens with two attached hydrogens (primary N) is 1. The number of esters is 1. The van der Waals surface area contributed by atoms with Gasteiger partial charge in [-0.05, 0) is 74.5 Å². The van der Waals surface area contributed by atoms with E-state index in [9.17, 15) is 14.0 Å². The van der Waals surface area contributed by atoms with Crippen molar-refractivity contribution in [2.75, 3.05) is 23.4 Å². The van der Waals surface area contributed by atoms with Crippen LogP contribution in [0.5, 0.6) is 5.75 Å². The van der Waals surface area contributed by atoms with E-state index in [1.165, 1.54) is 29.2 Å². The molecule has 210 valence electrons. The Balaban J connectivity index is 0.00000441. The average molecular weight is 569 g/mol. The van der Waals surface area contributed by atoms with Crippen LogP contribution in [0.2, 0.25) is 0 Å². The number of aryl methyl sites for hydroxylation is 1. The molecule has 0 saturated carbocycles. The number of nitrogens with one attached hydrogen (secondary N) is 3. The van der Waals surface area contributed by atoms with Crippen LogP contribution in [-0.2, 0) is 16.1 Å². The van der Waals surface area contributed by atoms with Gasteiger partial charge in [-0.1, -0.05) is 0 Å². The molecule has 40 heavy (non-hydrogen) atoms. The smallest absolute Gasteiger partial charge is 0.419 e. The highest BCUT2D eigenvalue weighted by molar-refractivity contribution is 5.95. The number of carbonyl (C=O) groups excluding carboxylic acids is 2. The third kappa shape index (κ3) is 7.26. The molecule has 0 atom stereocenters. The highest BCUT2D eigenvalue weighted by Gasteiger charge is 2.21. The van der Waals surface area contributed by atoms with Crippen molar-refractivity contribution in [1.29, 1.82) is 5.41 Å². The maximum absolute atomic E-state index is 13.5. The summed E-state index contributed by atoms with van der Waals surface area (Å²) in [5.41, 5.74) is 9.43. The van der Waals surface area contributed by atoms with Gasteiger partial charge < -0.3 is 25.5 Å². The maximum atomic E-state index is 13.5. The SMILES string of the molecule is CCOC(=O)CCN(C(=O)Oc1ccc2[nH]c(CNc3ccc(C(=N)N)cc3)nc2c1C)c1ccc(F)cc1.Cl.